The van der Waals surface area contributed by atoms with Gasteiger partial charge in [0.25, 0.3) is 0 Å². The van der Waals surface area contributed by atoms with Crippen LogP contribution < -0.4 is 0 Å². The largest absolute Gasteiger partial charge is 0.466 e. The molecule has 0 aromatic heterocycles. The van der Waals surface area contributed by atoms with Crippen LogP contribution in [0.3, 0.4) is 0 Å². The molecule has 0 aromatic carbocycles. The zero-order valence-corrected chi connectivity index (χ0v) is 14.7. The van der Waals surface area contributed by atoms with Gasteiger partial charge >= 0.3 is 5.97 Å². The van der Waals surface area contributed by atoms with Crippen molar-refractivity contribution in [2.75, 3.05) is 12.4 Å². The van der Waals surface area contributed by atoms with Crippen molar-refractivity contribution in [3.8, 4) is 0 Å². The van der Waals surface area contributed by atoms with E-state index in [1.165, 1.54) is 4.86 Å². The third-order valence-corrected chi connectivity index (χ3v) is 4.17. The lowest BCUT2D eigenvalue weighted by molar-refractivity contribution is -0.143. The summed E-state index contributed by atoms with van der Waals surface area (Å²) >= 11 is 9.80. The van der Waals surface area contributed by atoms with E-state index in [0.29, 0.717) is 18.9 Å². The molecule has 0 radical (unpaired) electrons. The lowest BCUT2D eigenvalue weighted by Gasteiger charge is -2.16. The Morgan fingerprint density at radius 2 is 1.85 bits per heavy atom. The minimum absolute atomic E-state index is 0.0553. The number of ether oxygens (including phenoxy) is 1. The predicted octanol–water partition coefficient (Wildman–Crippen LogP) is 5.00. The van der Waals surface area contributed by atoms with E-state index in [0.717, 1.165) is 57.1 Å². The van der Waals surface area contributed by atoms with Crippen LogP contribution in [-0.4, -0.2) is 23.2 Å². The first-order chi connectivity index (χ1) is 9.65. The Balaban J connectivity index is 3.77. The van der Waals surface area contributed by atoms with Crippen LogP contribution in [0, 0.1) is 5.92 Å². The first-order valence-electron chi connectivity index (χ1n) is 7.94. The monoisotopic (exact) mass is 318 g/mol. The van der Waals surface area contributed by atoms with Crippen LogP contribution in [0.15, 0.2) is 0 Å². The van der Waals surface area contributed by atoms with E-state index in [1.54, 1.807) is 0 Å². The summed E-state index contributed by atoms with van der Waals surface area (Å²) in [5.41, 5.74) is 0. The molecule has 2 nitrogen and oxygen atoms in total. The van der Waals surface area contributed by atoms with E-state index in [9.17, 15) is 4.79 Å². The summed E-state index contributed by atoms with van der Waals surface area (Å²) in [6, 6.07) is 0. The summed E-state index contributed by atoms with van der Waals surface area (Å²) in [7, 11) is 0. The summed E-state index contributed by atoms with van der Waals surface area (Å²) in [6.45, 7) is 4.82. The molecule has 0 saturated carbocycles. The number of hydrogen-bond donors (Lipinski definition) is 1. The van der Waals surface area contributed by atoms with Gasteiger partial charge in [-0.3, -0.25) is 4.79 Å². The molecule has 118 valence electrons. The average Bonchev–Trinajstić information content (AvgIpc) is 2.42. The average molecular weight is 319 g/mol. The van der Waals surface area contributed by atoms with Crippen molar-refractivity contribution in [3.63, 3.8) is 0 Å². The number of esters is 1. The van der Waals surface area contributed by atoms with Gasteiger partial charge in [0.15, 0.2) is 0 Å². The smallest absolute Gasteiger partial charge is 0.305 e. The molecule has 20 heavy (non-hydrogen) atoms. The van der Waals surface area contributed by atoms with E-state index < -0.39 is 0 Å². The van der Waals surface area contributed by atoms with Gasteiger partial charge in [0.05, 0.1) is 6.61 Å². The zero-order chi connectivity index (χ0) is 15.2. The van der Waals surface area contributed by atoms with Crippen LogP contribution in [0.4, 0.5) is 0 Å². The van der Waals surface area contributed by atoms with Gasteiger partial charge in [-0.1, -0.05) is 45.3 Å². The maximum atomic E-state index is 11.5. The van der Waals surface area contributed by atoms with E-state index in [2.05, 4.69) is 26.5 Å². The highest BCUT2D eigenvalue weighted by molar-refractivity contribution is 7.80. The summed E-state index contributed by atoms with van der Waals surface area (Å²) in [4.78, 5) is 12.7. The molecule has 0 fully saturated rings. The Morgan fingerprint density at radius 3 is 2.45 bits per heavy atom. The van der Waals surface area contributed by atoms with E-state index in [4.69, 9.17) is 17.0 Å². The van der Waals surface area contributed by atoms with Crippen molar-refractivity contribution in [1.29, 1.82) is 0 Å². The number of carbonyl (C=O) groups is 1. The van der Waals surface area contributed by atoms with Crippen LogP contribution >= 0.6 is 24.8 Å². The van der Waals surface area contributed by atoms with Crippen LogP contribution in [-0.2, 0) is 9.53 Å². The second-order valence-corrected chi connectivity index (χ2v) is 6.22. The van der Waals surface area contributed by atoms with Crippen molar-refractivity contribution >= 4 is 35.7 Å². The second-order valence-electron chi connectivity index (χ2n) is 5.25. The van der Waals surface area contributed by atoms with E-state index >= 15 is 0 Å². The molecule has 0 rings (SSSR count). The summed E-state index contributed by atoms with van der Waals surface area (Å²) in [6.07, 6.45) is 8.81. The Bertz CT molecular complexity index is 267. The summed E-state index contributed by atoms with van der Waals surface area (Å²) in [5, 5.41) is 0. The molecular weight excluding hydrogens is 288 g/mol. The summed E-state index contributed by atoms with van der Waals surface area (Å²) < 4.78 is 5.15. The Kier molecular flexibility index (Phi) is 13.8. The molecule has 0 spiro atoms. The Labute approximate surface area is 135 Å². The highest BCUT2D eigenvalue weighted by Gasteiger charge is 2.13. The molecule has 0 aliphatic heterocycles. The van der Waals surface area contributed by atoms with Crippen molar-refractivity contribution in [1.82, 2.24) is 0 Å². The van der Waals surface area contributed by atoms with Crippen molar-refractivity contribution in [2.45, 2.75) is 71.6 Å². The van der Waals surface area contributed by atoms with Gasteiger partial charge in [0, 0.05) is 6.42 Å². The lowest BCUT2D eigenvalue weighted by atomic mass is 9.93. The van der Waals surface area contributed by atoms with Gasteiger partial charge in [-0.2, -0.15) is 12.6 Å². The van der Waals surface area contributed by atoms with E-state index in [1.807, 2.05) is 0 Å². The number of rotatable bonds is 13. The van der Waals surface area contributed by atoms with Crippen LogP contribution in [0.5, 0.6) is 0 Å². The van der Waals surface area contributed by atoms with E-state index in [-0.39, 0.29) is 5.97 Å². The number of thiocarbonyl (C=S) groups is 1. The number of carbonyl (C=O) groups excluding carboxylic acids is 1. The molecule has 0 bridgehead atoms. The number of unbranched alkanes of at least 4 members (excludes halogenated alkanes) is 2. The fourth-order valence-corrected chi connectivity index (χ4v) is 2.89. The van der Waals surface area contributed by atoms with Gasteiger partial charge < -0.3 is 4.74 Å². The van der Waals surface area contributed by atoms with Gasteiger partial charge in [-0.25, -0.2) is 0 Å². The highest BCUT2D eigenvalue weighted by Crippen LogP contribution is 2.19. The predicted molar refractivity (Wildman–Crippen MR) is 93.8 cm³/mol. The Morgan fingerprint density at radius 1 is 1.10 bits per heavy atom. The highest BCUT2D eigenvalue weighted by atomic mass is 32.1. The molecule has 0 saturated heterocycles. The molecule has 1 unspecified atom stereocenters. The maximum absolute atomic E-state index is 11.5. The molecule has 0 N–H and O–H groups in total. The zero-order valence-electron chi connectivity index (χ0n) is 13.0. The van der Waals surface area contributed by atoms with Crippen molar-refractivity contribution < 1.29 is 9.53 Å². The topological polar surface area (TPSA) is 26.3 Å². The molecule has 0 amide bonds. The SMILES string of the molecule is CCCCOC(=O)CCCCC(CCS)C(=S)CCC. The van der Waals surface area contributed by atoms with Gasteiger partial charge in [0.1, 0.15) is 0 Å². The quantitative estimate of drug-likeness (QED) is 0.224. The molecular formula is C16H30O2S2. The molecule has 0 heterocycles. The first kappa shape index (κ1) is 19.9. The normalized spacial score (nSPS) is 12.2. The third-order valence-electron chi connectivity index (χ3n) is 3.37. The molecule has 1 atom stereocenters. The Hall–Kier alpha value is -0.0900. The summed E-state index contributed by atoms with van der Waals surface area (Å²) in [5.74, 6) is 1.33. The van der Waals surface area contributed by atoms with Crippen LogP contribution in [0.2, 0.25) is 0 Å². The maximum Gasteiger partial charge on any atom is 0.305 e. The fraction of sp³-hybridized carbons (Fsp3) is 0.875. The molecule has 0 aliphatic carbocycles. The number of thiol groups is 1. The first-order valence-corrected chi connectivity index (χ1v) is 8.98. The molecule has 0 aromatic rings. The van der Waals surface area contributed by atoms with Crippen LogP contribution in [0.25, 0.3) is 0 Å². The fourth-order valence-electron chi connectivity index (χ4n) is 2.14. The lowest BCUT2D eigenvalue weighted by Crippen LogP contribution is -2.13. The van der Waals surface area contributed by atoms with Gasteiger partial charge in [-0.15, -0.1) is 0 Å². The minimum Gasteiger partial charge on any atom is -0.466 e. The van der Waals surface area contributed by atoms with Crippen molar-refractivity contribution in [3.05, 3.63) is 0 Å². The standard InChI is InChI=1S/C16H30O2S2/c1-3-5-12-18-16(17)10-7-6-9-14(11-13-19)15(20)8-4-2/h14,19H,3-13H2,1-2H3. The van der Waals surface area contributed by atoms with Crippen LogP contribution in [0.1, 0.15) is 71.6 Å². The molecule has 0 aliphatic rings. The number of hydrogen-bond acceptors (Lipinski definition) is 4. The van der Waals surface area contributed by atoms with Gasteiger partial charge in [-0.05, 0) is 48.6 Å². The van der Waals surface area contributed by atoms with Crippen molar-refractivity contribution in [2.24, 2.45) is 5.92 Å². The van der Waals surface area contributed by atoms with Gasteiger partial charge in [0.2, 0.25) is 0 Å². The third kappa shape index (κ3) is 10.7. The minimum atomic E-state index is -0.0553. The molecule has 4 heteroatoms. The second kappa shape index (κ2) is 13.9.